The molecule has 0 aromatic rings. The van der Waals surface area contributed by atoms with Crippen LogP contribution in [0, 0.1) is 0 Å². The van der Waals surface area contributed by atoms with Gasteiger partial charge in [0.15, 0.2) is 6.29 Å². The Morgan fingerprint density at radius 2 is 1.62 bits per heavy atom. The zero-order valence-corrected chi connectivity index (χ0v) is 10.5. The van der Waals surface area contributed by atoms with Crippen molar-refractivity contribution in [1.82, 2.24) is 0 Å². The minimum Gasteiger partial charge on any atom is -0.373 e. The molecule has 2 fully saturated rings. The lowest BCUT2D eigenvalue weighted by Crippen LogP contribution is -2.39. The fraction of sp³-hybridized carbons (Fsp3) is 1.00. The Morgan fingerprint density at radius 3 is 2.25 bits per heavy atom. The molecule has 0 aromatic carbocycles. The van der Waals surface area contributed by atoms with E-state index in [0.29, 0.717) is 24.9 Å². The van der Waals surface area contributed by atoms with E-state index in [2.05, 4.69) is 13.8 Å². The molecule has 0 aromatic heterocycles. The Bertz CT molecular complexity index is 191. The number of hydrogen-bond donors (Lipinski definition) is 0. The van der Waals surface area contributed by atoms with Crippen molar-refractivity contribution >= 4 is 0 Å². The van der Waals surface area contributed by atoms with Crippen LogP contribution in [0.15, 0.2) is 0 Å². The van der Waals surface area contributed by atoms with Crippen LogP contribution in [0.2, 0.25) is 0 Å². The minimum atomic E-state index is -0.152. The Morgan fingerprint density at radius 1 is 1.00 bits per heavy atom. The molecule has 0 bridgehead atoms. The van der Waals surface area contributed by atoms with Crippen LogP contribution in [0.4, 0.5) is 0 Å². The third kappa shape index (κ3) is 3.72. The molecule has 1 heterocycles. The largest absolute Gasteiger partial charge is 0.373 e. The fourth-order valence-corrected chi connectivity index (χ4v) is 2.65. The second-order valence-electron chi connectivity index (χ2n) is 5.15. The van der Waals surface area contributed by atoms with Crippen molar-refractivity contribution in [2.24, 2.45) is 0 Å². The van der Waals surface area contributed by atoms with E-state index in [1.54, 1.807) is 0 Å². The van der Waals surface area contributed by atoms with E-state index in [1.165, 1.54) is 32.1 Å². The maximum atomic E-state index is 5.87. The number of rotatable bonds is 3. The van der Waals surface area contributed by atoms with Crippen LogP contribution >= 0.6 is 0 Å². The van der Waals surface area contributed by atoms with Crippen molar-refractivity contribution in [3.63, 3.8) is 0 Å². The molecule has 16 heavy (non-hydrogen) atoms. The van der Waals surface area contributed by atoms with Gasteiger partial charge in [0.25, 0.3) is 0 Å². The molecule has 1 saturated heterocycles. The van der Waals surface area contributed by atoms with Crippen LogP contribution in [0.25, 0.3) is 0 Å². The highest BCUT2D eigenvalue weighted by Crippen LogP contribution is 2.22. The van der Waals surface area contributed by atoms with E-state index in [-0.39, 0.29) is 6.29 Å². The monoisotopic (exact) mass is 228 g/mol. The third-order valence-electron chi connectivity index (χ3n) is 3.45. The third-order valence-corrected chi connectivity index (χ3v) is 3.45. The molecule has 3 nitrogen and oxygen atoms in total. The summed E-state index contributed by atoms with van der Waals surface area (Å²) in [6.45, 7) is 4.80. The topological polar surface area (TPSA) is 27.7 Å². The first-order valence-corrected chi connectivity index (χ1v) is 6.66. The molecule has 0 spiro atoms. The normalized spacial score (nSPS) is 37.5. The lowest BCUT2D eigenvalue weighted by atomic mass is 9.98. The SMILES string of the molecule is CC1CC(C)OC(COC2CCCCC2)O1. The van der Waals surface area contributed by atoms with Gasteiger partial charge in [-0.25, -0.2) is 0 Å². The summed E-state index contributed by atoms with van der Waals surface area (Å²) in [5.41, 5.74) is 0. The summed E-state index contributed by atoms with van der Waals surface area (Å²) in [6, 6.07) is 0. The molecule has 1 saturated carbocycles. The number of ether oxygens (including phenoxy) is 3. The van der Waals surface area contributed by atoms with Crippen molar-refractivity contribution in [3.05, 3.63) is 0 Å². The minimum absolute atomic E-state index is 0.152. The Hall–Kier alpha value is -0.120. The maximum absolute atomic E-state index is 5.87. The molecule has 2 atom stereocenters. The van der Waals surface area contributed by atoms with Gasteiger partial charge in [0.05, 0.1) is 24.9 Å². The number of hydrogen-bond acceptors (Lipinski definition) is 3. The van der Waals surface area contributed by atoms with Crippen LogP contribution in [-0.2, 0) is 14.2 Å². The van der Waals surface area contributed by atoms with Crippen LogP contribution in [-0.4, -0.2) is 31.2 Å². The summed E-state index contributed by atoms with van der Waals surface area (Å²) in [5.74, 6) is 0. The van der Waals surface area contributed by atoms with Gasteiger partial charge in [-0.1, -0.05) is 19.3 Å². The van der Waals surface area contributed by atoms with Gasteiger partial charge in [-0.15, -0.1) is 0 Å². The summed E-state index contributed by atoms with van der Waals surface area (Å²) < 4.78 is 17.3. The molecule has 1 aliphatic heterocycles. The van der Waals surface area contributed by atoms with Crippen LogP contribution in [0.3, 0.4) is 0 Å². The second kappa shape index (κ2) is 5.99. The molecule has 0 amide bonds. The molecule has 0 N–H and O–H groups in total. The van der Waals surface area contributed by atoms with Gasteiger partial charge in [-0.3, -0.25) is 0 Å². The summed E-state index contributed by atoms with van der Waals surface area (Å²) >= 11 is 0. The molecule has 2 aliphatic rings. The average Bonchev–Trinajstić information content (AvgIpc) is 2.27. The second-order valence-corrected chi connectivity index (χ2v) is 5.15. The van der Waals surface area contributed by atoms with Gasteiger partial charge in [0.1, 0.15) is 0 Å². The highest BCUT2D eigenvalue weighted by atomic mass is 16.7. The quantitative estimate of drug-likeness (QED) is 0.743. The Labute approximate surface area is 98.4 Å². The Balaban J connectivity index is 1.68. The summed E-state index contributed by atoms with van der Waals surface area (Å²) in [4.78, 5) is 0. The van der Waals surface area contributed by atoms with Crippen molar-refractivity contribution in [1.29, 1.82) is 0 Å². The first-order chi connectivity index (χ1) is 7.74. The van der Waals surface area contributed by atoms with Gasteiger partial charge in [0, 0.05) is 0 Å². The van der Waals surface area contributed by atoms with Crippen molar-refractivity contribution in [3.8, 4) is 0 Å². The zero-order chi connectivity index (χ0) is 11.4. The van der Waals surface area contributed by atoms with Crippen molar-refractivity contribution in [2.75, 3.05) is 6.61 Å². The van der Waals surface area contributed by atoms with E-state index in [0.717, 1.165) is 6.42 Å². The average molecular weight is 228 g/mol. The highest BCUT2D eigenvalue weighted by molar-refractivity contribution is 4.68. The molecular weight excluding hydrogens is 204 g/mol. The molecular formula is C13H24O3. The van der Waals surface area contributed by atoms with Crippen molar-refractivity contribution in [2.45, 2.75) is 77.0 Å². The summed E-state index contributed by atoms with van der Waals surface area (Å²) in [6.07, 6.45) is 8.26. The van der Waals surface area contributed by atoms with E-state index in [1.807, 2.05) is 0 Å². The van der Waals surface area contributed by atoms with Crippen molar-refractivity contribution < 1.29 is 14.2 Å². The van der Waals surface area contributed by atoms with Crippen LogP contribution in [0.5, 0.6) is 0 Å². The van der Waals surface area contributed by atoms with Gasteiger partial charge in [-0.2, -0.15) is 0 Å². The maximum Gasteiger partial charge on any atom is 0.181 e. The smallest absolute Gasteiger partial charge is 0.181 e. The van der Waals surface area contributed by atoms with Gasteiger partial charge >= 0.3 is 0 Å². The van der Waals surface area contributed by atoms with E-state index >= 15 is 0 Å². The first-order valence-electron chi connectivity index (χ1n) is 6.66. The first kappa shape index (κ1) is 12.3. The molecule has 1 aliphatic carbocycles. The standard InChI is InChI=1S/C13H24O3/c1-10-8-11(2)16-13(15-10)9-14-12-6-4-3-5-7-12/h10-13H,3-9H2,1-2H3. The van der Waals surface area contributed by atoms with E-state index in [9.17, 15) is 0 Å². The molecule has 0 radical (unpaired) electrons. The lowest BCUT2D eigenvalue weighted by molar-refractivity contribution is -0.256. The predicted octanol–water partition coefficient (Wildman–Crippen LogP) is 2.88. The highest BCUT2D eigenvalue weighted by Gasteiger charge is 2.26. The van der Waals surface area contributed by atoms with Crippen LogP contribution in [0.1, 0.15) is 52.4 Å². The molecule has 2 unspecified atom stereocenters. The lowest BCUT2D eigenvalue weighted by Gasteiger charge is -2.33. The fourth-order valence-electron chi connectivity index (χ4n) is 2.65. The Kier molecular flexibility index (Phi) is 4.62. The van der Waals surface area contributed by atoms with E-state index < -0.39 is 0 Å². The predicted molar refractivity (Wildman–Crippen MR) is 62.3 cm³/mol. The van der Waals surface area contributed by atoms with E-state index in [4.69, 9.17) is 14.2 Å². The van der Waals surface area contributed by atoms with Crippen LogP contribution < -0.4 is 0 Å². The van der Waals surface area contributed by atoms with Gasteiger partial charge in [-0.05, 0) is 33.1 Å². The van der Waals surface area contributed by atoms with Gasteiger partial charge < -0.3 is 14.2 Å². The molecule has 3 heteroatoms. The summed E-state index contributed by atoms with van der Waals surface area (Å²) in [5, 5.41) is 0. The zero-order valence-electron chi connectivity index (χ0n) is 10.5. The van der Waals surface area contributed by atoms with Gasteiger partial charge in [0.2, 0.25) is 0 Å². The molecule has 94 valence electrons. The summed E-state index contributed by atoms with van der Waals surface area (Å²) in [7, 11) is 0. The molecule has 2 rings (SSSR count).